The van der Waals surface area contributed by atoms with Gasteiger partial charge in [-0.1, -0.05) is 13.5 Å². The van der Waals surface area contributed by atoms with Crippen LogP contribution < -0.4 is 14.2 Å². The zero-order valence-electron chi connectivity index (χ0n) is 20.8. The van der Waals surface area contributed by atoms with Gasteiger partial charge in [-0.25, -0.2) is 4.79 Å². The number of ether oxygens (including phenoxy) is 4. The Morgan fingerprint density at radius 2 is 1.60 bits per heavy atom. The van der Waals surface area contributed by atoms with Crippen molar-refractivity contribution in [1.29, 1.82) is 0 Å². The van der Waals surface area contributed by atoms with Gasteiger partial charge in [-0.2, -0.15) is 0 Å². The standard InChI is InChI=1S/C29H34O6/c1-5-29(3,4)28(31)33-19-9-7-6-8-18-32-24-15-13-23(14-16-24)27(30)35-25-17-12-22-11-10-21(2)34-26(22)20-25/h10-17,20H,2,5-9,18-19H2,1,3-4H3. The molecular formula is C29H34O6. The molecule has 0 fully saturated rings. The SMILES string of the molecule is C=C1C=Cc2ccc(OC(=O)c3ccc(OCCCCCCOC(=O)C(C)(C)CC)cc3)cc2O1. The van der Waals surface area contributed by atoms with Crippen LogP contribution >= 0.6 is 0 Å². The second-order valence-corrected chi connectivity index (χ2v) is 9.15. The summed E-state index contributed by atoms with van der Waals surface area (Å²) in [7, 11) is 0. The van der Waals surface area contributed by atoms with E-state index < -0.39 is 11.4 Å². The molecular weight excluding hydrogens is 444 g/mol. The van der Waals surface area contributed by atoms with E-state index in [4.69, 9.17) is 18.9 Å². The summed E-state index contributed by atoms with van der Waals surface area (Å²) < 4.78 is 22.2. The maximum absolute atomic E-state index is 12.5. The van der Waals surface area contributed by atoms with E-state index in [2.05, 4.69) is 6.58 Å². The third-order valence-electron chi connectivity index (χ3n) is 5.95. The Morgan fingerprint density at radius 3 is 2.31 bits per heavy atom. The van der Waals surface area contributed by atoms with Crippen LogP contribution in [0.2, 0.25) is 0 Å². The van der Waals surface area contributed by atoms with Crippen molar-refractivity contribution < 1.29 is 28.5 Å². The Labute approximate surface area is 207 Å². The van der Waals surface area contributed by atoms with Crippen molar-refractivity contribution >= 4 is 18.0 Å². The molecule has 0 unspecified atom stereocenters. The van der Waals surface area contributed by atoms with Gasteiger partial charge in [0.05, 0.1) is 24.2 Å². The molecule has 0 aromatic heterocycles. The number of carbonyl (C=O) groups is 2. The van der Waals surface area contributed by atoms with Crippen molar-refractivity contribution in [2.24, 2.45) is 5.41 Å². The number of unbranched alkanes of at least 4 members (excludes halogenated alkanes) is 3. The lowest BCUT2D eigenvalue weighted by Gasteiger charge is -2.20. The lowest BCUT2D eigenvalue weighted by atomic mass is 9.91. The maximum Gasteiger partial charge on any atom is 0.343 e. The van der Waals surface area contributed by atoms with Crippen LogP contribution in [0.1, 0.15) is 68.8 Å². The molecule has 0 atom stereocenters. The van der Waals surface area contributed by atoms with Crippen molar-refractivity contribution in [2.45, 2.75) is 52.9 Å². The number of hydrogen-bond acceptors (Lipinski definition) is 6. The van der Waals surface area contributed by atoms with Gasteiger partial charge in [0.2, 0.25) is 0 Å². The summed E-state index contributed by atoms with van der Waals surface area (Å²) in [5.74, 6) is 1.66. The lowest BCUT2D eigenvalue weighted by Crippen LogP contribution is -2.26. The highest BCUT2D eigenvalue weighted by molar-refractivity contribution is 5.91. The predicted octanol–water partition coefficient (Wildman–Crippen LogP) is 6.74. The van der Waals surface area contributed by atoms with Crippen LogP contribution in [-0.2, 0) is 9.53 Å². The van der Waals surface area contributed by atoms with E-state index in [0.717, 1.165) is 37.7 Å². The fourth-order valence-electron chi connectivity index (χ4n) is 3.27. The third-order valence-corrected chi connectivity index (χ3v) is 5.95. The molecule has 0 saturated carbocycles. The van der Waals surface area contributed by atoms with Crippen molar-refractivity contribution in [3.63, 3.8) is 0 Å². The fraction of sp³-hybridized carbons (Fsp3) is 0.379. The first kappa shape index (κ1) is 26.1. The van der Waals surface area contributed by atoms with Crippen molar-refractivity contribution in [3.05, 3.63) is 72.0 Å². The molecule has 0 saturated heterocycles. The van der Waals surface area contributed by atoms with Crippen LogP contribution in [0.15, 0.2) is 60.9 Å². The molecule has 0 radical (unpaired) electrons. The second-order valence-electron chi connectivity index (χ2n) is 9.15. The lowest BCUT2D eigenvalue weighted by molar-refractivity contribution is -0.154. The van der Waals surface area contributed by atoms with Gasteiger partial charge in [0, 0.05) is 11.6 Å². The number of allylic oxidation sites excluding steroid dienone is 1. The number of fused-ring (bicyclic) bond motifs is 1. The van der Waals surface area contributed by atoms with Crippen LogP contribution in [0.5, 0.6) is 17.2 Å². The van der Waals surface area contributed by atoms with Crippen LogP contribution in [0.3, 0.4) is 0 Å². The van der Waals surface area contributed by atoms with E-state index in [-0.39, 0.29) is 5.97 Å². The molecule has 1 heterocycles. The van der Waals surface area contributed by atoms with Crippen molar-refractivity contribution in [2.75, 3.05) is 13.2 Å². The first-order valence-corrected chi connectivity index (χ1v) is 12.1. The molecule has 0 N–H and O–H groups in total. The Kier molecular flexibility index (Phi) is 9.12. The minimum Gasteiger partial charge on any atom is -0.494 e. The first-order valence-electron chi connectivity index (χ1n) is 12.1. The highest BCUT2D eigenvalue weighted by atomic mass is 16.5. The Bertz CT molecular complexity index is 1070. The summed E-state index contributed by atoms with van der Waals surface area (Å²) in [6.07, 6.45) is 8.18. The normalized spacial score (nSPS) is 12.5. The van der Waals surface area contributed by atoms with Crippen molar-refractivity contribution in [1.82, 2.24) is 0 Å². The van der Waals surface area contributed by atoms with E-state index in [1.807, 2.05) is 32.9 Å². The Morgan fingerprint density at radius 1 is 0.914 bits per heavy atom. The zero-order valence-corrected chi connectivity index (χ0v) is 20.8. The zero-order chi connectivity index (χ0) is 25.3. The number of hydrogen-bond donors (Lipinski definition) is 0. The molecule has 0 amide bonds. The average molecular weight is 479 g/mol. The number of benzene rings is 2. The molecule has 6 nitrogen and oxygen atoms in total. The molecule has 3 rings (SSSR count). The van der Waals surface area contributed by atoms with Gasteiger partial charge in [-0.15, -0.1) is 0 Å². The molecule has 6 heteroatoms. The van der Waals surface area contributed by atoms with Crippen LogP contribution in [0, 0.1) is 5.41 Å². The highest BCUT2D eigenvalue weighted by Crippen LogP contribution is 2.31. The molecule has 0 bridgehead atoms. The van der Waals surface area contributed by atoms with Gasteiger partial charge in [0.1, 0.15) is 23.0 Å². The number of rotatable bonds is 12. The molecule has 0 spiro atoms. The second kappa shape index (κ2) is 12.2. The first-order chi connectivity index (χ1) is 16.8. The summed E-state index contributed by atoms with van der Waals surface area (Å²) in [4.78, 5) is 24.4. The molecule has 186 valence electrons. The van der Waals surface area contributed by atoms with E-state index >= 15 is 0 Å². The summed E-state index contributed by atoms with van der Waals surface area (Å²) in [6, 6.07) is 12.1. The van der Waals surface area contributed by atoms with Gasteiger partial charge in [0.15, 0.2) is 0 Å². The Hall–Kier alpha value is -3.54. The molecule has 2 aromatic carbocycles. The predicted molar refractivity (Wildman–Crippen MR) is 136 cm³/mol. The molecule has 35 heavy (non-hydrogen) atoms. The average Bonchev–Trinajstić information content (AvgIpc) is 2.85. The topological polar surface area (TPSA) is 71.1 Å². The highest BCUT2D eigenvalue weighted by Gasteiger charge is 2.26. The van der Waals surface area contributed by atoms with Gasteiger partial charge in [0.25, 0.3) is 0 Å². The molecule has 0 aliphatic carbocycles. The monoisotopic (exact) mass is 478 g/mol. The van der Waals surface area contributed by atoms with E-state index in [1.54, 1.807) is 42.5 Å². The fourth-order valence-corrected chi connectivity index (χ4v) is 3.27. The summed E-state index contributed by atoms with van der Waals surface area (Å²) >= 11 is 0. The summed E-state index contributed by atoms with van der Waals surface area (Å²) in [6.45, 7) is 10.6. The number of carbonyl (C=O) groups excluding carboxylic acids is 2. The largest absolute Gasteiger partial charge is 0.494 e. The van der Waals surface area contributed by atoms with Crippen molar-refractivity contribution in [3.8, 4) is 17.2 Å². The summed E-state index contributed by atoms with van der Waals surface area (Å²) in [5, 5.41) is 0. The van der Waals surface area contributed by atoms with Gasteiger partial charge in [-0.3, -0.25) is 4.79 Å². The van der Waals surface area contributed by atoms with Gasteiger partial charge >= 0.3 is 11.9 Å². The van der Waals surface area contributed by atoms with Gasteiger partial charge in [-0.05, 0) is 94.5 Å². The maximum atomic E-state index is 12.5. The molecule has 2 aromatic rings. The van der Waals surface area contributed by atoms with Crippen LogP contribution in [-0.4, -0.2) is 25.2 Å². The summed E-state index contributed by atoms with van der Waals surface area (Å²) in [5.41, 5.74) is 0.920. The Balaban J connectivity index is 1.34. The minimum atomic E-state index is -0.454. The van der Waals surface area contributed by atoms with Crippen LogP contribution in [0.25, 0.3) is 6.08 Å². The smallest absolute Gasteiger partial charge is 0.343 e. The van der Waals surface area contributed by atoms with E-state index in [1.165, 1.54) is 0 Å². The molecule has 1 aliphatic rings. The number of esters is 2. The molecule has 1 aliphatic heterocycles. The van der Waals surface area contributed by atoms with Gasteiger partial charge < -0.3 is 18.9 Å². The van der Waals surface area contributed by atoms with Crippen LogP contribution in [0.4, 0.5) is 0 Å². The quantitative estimate of drug-likeness (QED) is 0.191. The van der Waals surface area contributed by atoms with E-state index in [9.17, 15) is 9.59 Å². The third kappa shape index (κ3) is 7.74. The minimum absolute atomic E-state index is 0.129. The van der Waals surface area contributed by atoms with E-state index in [0.29, 0.717) is 41.8 Å².